The van der Waals surface area contributed by atoms with E-state index >= 15 is 0 Å². The maximum Gasteiger partial charge on any atom is 0.251 e. The summed E-state index contributed by atoms with van der Waals surface area (Å²) < 4.78 is 26.5. The Morgan fingerprint density at radius 1 is 0.879 bits per heavy atom. The molecule has 33 heavy (non-hydrogen) atoms. The van der Waals surface area contributed by atoms with Crippen LogP contribution in [0.1, 0.15) is 44.6 Å². The predicted molar refractivity (Wildman–Crippen MR) is 135 cm³/mol. The van der Waals surface area contributed by atoms with Gasteiger partial charge in [-0.25, -0.2) is 8.42 Å². The molecule has 3 aromatic rings. The number of nitrogens with zero attached hydrogens (tertiary/aromatic N) is 1. The van der Waals surface area contributed by atoms with Gasteiger partial charge in [0, 0.05) is 12.1 Å². The van der Waals surface area contributed by atoms with Crippen molar-refractivity contribution in [1.82, 2.24) is 5.32 Å². The van der Waals surface area contributed by atoms with Crippen molar-refractivity contribution in [3.63, 3.8) is 0 Å². The van der Waals surface area contributed by atoms with Gasteiger partial charge in [0.15, 0.2) is 0 Å². The number of para-hydroxylation sites is 1. The largest absolute Gasteiger partial charge is 0.352 e. The fraction of sp³-hybridized carbons (Fsp3) is 0.296. The van der Waals surface area contributed by atoms with Crippen molar-refractivity contribution in [1.29, 1.82) is 0 Å². The number of benzene rings is 3. The Labute approximate surface area is 197 Å². The van der Waals surface area contributed by atoms with Gasteiger partial charge in [-0.2, -0.15) is 0 Å². The van der Waals surface area contributed by atoms with Gasteiger partial charge in [-0.3, -0.25) is 9.10 Å². The Bertz CT molecular complexity index is 1200. The lowest BCUT2D eigenvalue weighted by molar-refractivity contribution is 0.0953. The SMILES string of the molecule is Cc1cccc(CCCNC(=O)c2ccc(CN(c3c(C)cccc3C)S(C)(=O)=O)cc2)c1. The third kappa shape index (κ3) is 6.68. The van der Waals surface area contributed by atoms with Crippen LogP contribution in [-0.4, -0.2) is 27.1 Å². The minimum Gasteiger partial charge on any atom is -0.352 e. The summed E-state index contributed by atoms with van der Waals surface area (Å²) in [5.41, 5.74) is 6.41. The van der Waals surface area contributed by atoms with Gasteiger partial charge >= 0.3 is 0 Å². The molecule has 0 aliphatic heterocycles. The molecule has 0 fully saturated rings. The molecule has 6 heteroatoms. The highest BCUT2D eigenvalue weighted by Crippen LogP contribution is 2.28. The maximum atomic E-state index is 12.5. The molecule has 0 bridgehead atoms. The Morgan fingerprint density at radius 2 is 1.52 bits per heavy atom. The number of aryl methyl sites for hydroxylation is 4. The van der Waals surface area contributed by atoms with E-state index in [2.05, 4.69) is 36.5 Å². The summed E-state index contributed by atoms with van der Waals surface area (Å²) in [6.07, 6.45) is 3.00. The molecule has 0 aliphatic rings. The molecule has 0 aromatic heterocycles. The van der Waals surface area contributed by atoms with Crippen LogP contribution in [-0.2, 0) is 23.0 Å². The second-order valence-corrected chi connectivity index (χ2v) is 10.5. The summed E-state index contributed by atoms with van der Waals surface area (Å²) in [6, 6.07) is 21.3. The molecule has 0 radical (unpaired) electrons. The molecular formula is C27H32N2O3S. The normalized spacial score (nSPS) is 11.3. The number of hydrogen-bond donors (Lipinski definition) is 1. The van der Waals surface area contributed by atoms with Crippen molar-refractivity contribution < 1.29 is 13.2 Å². The quantitative estimate of drug-likeness (QED) is 0.456. The average Bonchev–Trinajstić information content (AvgIpc) is 2.75. The molecule has 0 spiro atoms. The van der Waals surface area contributed by atoms with Crippen molar-refractivity contribution in [3.05, 3.63) is 100 Å². The maximum absolute atomic E-state index is 12.5. The van der Waals surface area contributed by atoms with Gasteiger partial charge in [0.25, 0.3) is 5.91 Å². The van der Waals surface area contributed by atoms with Crippen molar-refractivity contribution in [2.75, 3.05) is 17.1 Å². The van der Waals surface area contributed by atoms with Crippen LogP contribution in [0.5, 0.6) is 0 Å². The average molecular weight is 465 g/mol. The summed E-state index contributed by atoms with van der Waals surface area (Å²) in [5.74, 6) is -0.125. The number of carbonyl (C=O) groups is 1. The van der Waals surface area contributed by atoms with E-state index in [1.807, 2.05) is 44.2 Å². The van der Waals surface area contributed by atoms with Gasteiger partial charge in [0.05, 0.1) is 18.5 Å². The lowest BCUT2D eigenvalue weighted by Gasteiger charge is -2.26. The fourth-order valence-corrected chi connectivity index (χ4v) is 4.96. The van der Waals surface area contributed by atoms with Crippen LogP contribution in [0.4, 0.5) is 5.69 Å². The molecule has 0 saturated carbocycles. The lowest BCUT2D eigenvalue weighted by Crippen LogP contribution is -2.30. The molecule has 0 aliphatic carbocycles. The summed E-state index contributed by atoms with van der Waals surface area (Å²) in [7, 11) is -3.47. The number of rotatable bonds is 9. The van der Waals surface area contributed by atoms with Gasteiger partial charge in [0.2, 0.25) is 10.0 Å². The third-order valence-electron chi connectivity index (χ3n) is 5.64. The van der Waals surface area contributed by atoms with Crippen LogP contribution < -0.4 is 9.62 Å². The molecule has 3 rings (SSSR count). The van der Waals surface area contributed by atoms with E-state index in [0.717, 1.165) is 29.5 Å². The minimum absolute atomic E-state index is 0.125. The molecule has 5 nitrogen and oxygen atoms in total. The topological polar surface area (TPSA) is 66.5 Å². The Kier molecular flexibility index (Phi) is 7.92. The number of hydrogen-bond acceptors (Lipinski definition) is 3. The van der Waals surface area contributed by atoms with Crippen molar-refractivity contribution in [3.8, 4) is 0 Å². The molecule has 0 atom stereocenters. The summed E-state index contributed by atoms with van der Waals surface area (Å²) in [4.78, 5) is 12.5. The van der Waals surface area contributed by atoms with Crippen LogP contribution in [0, 0.1) is 20.8 Å². The summed E-state index contributed by atoms with van der Waals surface area (Å²) in [5, 5.41) is 2.96. The first-order chi connectivity index (χ1) is 15.6. The number of nitrogens with one attached hydrogen (secondary N) is 1. The van der Waals surface area contributed by atoms with Gasteiger partial charge in [-0.05, 0) is 68.0 Å². The summed E-state index contributed by atoms with van der Waals surface area (Å²) >= 11 is 0. The smallest absolute Gasteiger partial charge is 0.251 e. The van der Waals surface area contributed by atoms with Gasteiger partial charge < -0.3 is 5.32 Å². The van der Waals surface area contributed by atoms with E-state index in [4.69, 9.17) is 0 Å². The molecule has 3 aromatic carbocycles. The van der Waals surface area contributed by atoms with Crippen molar-refractivity contribution >= 4 is 21.6 Å². The van der Waals surface area contributed by atoms with Crippen LogP contribution in [0.3, 0.4) is 0 Å². The highest BCUT2D eigenvalue weighted by Gasteiger charge is 2.21. The number of sulfonamides is 1. The number of anilines is 1. The van der Waals surface area contributed by atoms with Crippen LogP contribution in [0.2, 0.25) is 0 Å². The second kappa shape index (κ2) is 10.7. The Morgan fingerprint density at radius 3 is 2.12 bits per heavy atom. The zero-order valence-corrected chi connectivity index (χ0v) is 20.6. The molecule has 0 saturated heterocycles. The van der Waals surface area contributed by atoms with E-state index < -0.39 is 10.0 Å². The third-order valence-corrected chi connectivity index (χ3v) is 6.75. The van der Waals surface area contributed by atoms with Crippen LogP contribution in [0.15, 0.2) is 66.7 Å². The monoisotopic (exact) mass is 464 g/mol. The van der Waals surface area contributed by atoms with E-state index in [1.165, 1.54) is 21.7 Å². The highest BCUT2D eigenvalue weighted by atomic mass is 32.2. The van der Waals surface area contributed by atoms with Crippen LogP contribution >= 0.6 is 0 Å². The predicted octanol–water partition coefficient (Wildman–Crippen LogP) is 4.94. The summed E-state index contributed by atoms with van der Waals surface area (Å²) in [6.45, 7) is 6.71. The zero-order valence-electron chi connectivity index (χ0n) is 19.8. The van der Waals surface area contributed by atoms with Crippen molar-refractivity contribution in [2.24, 2.45) is 0 Å². The van der Waals surface area contributed by atoms with E-state index in [0.29, 0.717) is 17.8 Å². The molecule has 174 valence electrons. The second-order valence-electron chi connectivity index (χ2n) is 8.56. The minimum atomic E-state index is -3.47. The Balaban J connectivity index is 1.62. The van der Waals surface area contributed by atoms with Gasteiger partial charge in [-0.15, -0.1) is 0 Å². The molecule has 1 N–H and O–H groups in total. The first-order valence-electron chi connectivity index (χ1n) is 11.1. The first-order valence-corrected chi connectivity index (χ1v) is 13.0. The fourth-order valence-electron chi connectivity index (χ4n) is 3.95. The lowest BCUT2D eigenvalue weighted by atomic mass is 10.1. The number of carbonyl (C=O) groups excluding carboxylic acids is 1. The standard InChI is InChI=1S/C27H32N2O3S/c1-20-8-5-11-23(18-20)12-7-17-28-27(30)25-15-13-24(14-16-25)19-29(33(4,31)32)26-21(2)9-6-10-22(26)3/h5-6,8-11,13-16,18H,7,12,17,19H2,1-4H3,(H,28,30). The number of amides is 1. The van der Waals surface area contributed by atoms with Gasteiger partial charge in [0.1, 0.15) is 0 Å². The highest BCUT2D eigenvalue weighted by molar-refractivity contribution is 7.92. The van der Waals surface area contributed by atoms with E-state index in [9.17, 15) is 13.2 Å². The first kappa shape index (κ1) is 24.5. The van der Waals surface area contributed by atoms with Crippen molar-refractivity contribution in [2.45, 2.75) is 40.2 Å². The van der Waals surface area contributed by atoms with Crippen LogP contribution in [0.25, 0.3) is 0 Å². The molecule has 0 heterocycles. The molecular weight excluding hydrogens is 432 g/mol. The zero-order chi connectivity index (χ0) is 24.0. The molecule has 0 unspecified atom stereocenters. The van der Waals surface area contributed by atoms with E-state index in [1.54, 1.807) is 12.1 Å². The van der Waals surface area contributed by atoms with Gasteiger partial charge in [-0.1, -0.05) is 60.2 Å². The van der Waals surface area contributed by atoms with E-state index in [-0.39, 0.29) is 12.5 Å². The Hall–Kier alpha value is -3.12. The molecule has 1 amide bonds.